The number of hydrogen-bond acceptors (Lipinski definition) is 2. The Labute approximate surface area is 106 Å². The Morgan fingerprint density at radius 2 is 1.83 bits per heavy atom. The number of benzene rings is 1. The Morgan fingerprint density at radius 3 is 2.39 bits per heavy atom. The first-order valence-electron chi connectivity index (χ1n) is 6.01. The van der Waals surface area contributed by atoms with Gasteiger partial charge in [0.05, 0.1) is 0 Å². The van der Waals surface area contributed by atoms with Crippen LogP contribution in [-0.4, -0.2) is 23.7 Å². The van der Waals surface area contributed by atoms with E-state index in [0.717, 1.165) is 19.3 Å². The summed E-state index contributed by atoms with van der Waals surface area (Å²) in [6.45, 7) is 2.78. The highest BCUT2D eigenvalue weighted by atomic mass is 16.4. The molecule has 98 valence electrons. The van der Waals surface area contributed by atoms with Crippen LogP contribution in [0.3, 0.4) is 0 Å². The van der Waals surface area contributed by atoms with Gasteiger partial charge >= 0.3 is 6.09 Å². The van der Waals surface area contributed by atoms with E-state index in [1.807, 2.05) is 0 Å². The molecule has 0 aliphatic carbocycles. The lowest BCUT2D eigenvalue weighted by Gasteiger charge is -2.05. The molecule has 5 heteroatoms. The minimum absolute atomic E-state index is 0.132. The molecule has 0 saturated heterocycles. The zero-order chi connectivity index (χ0) is 13.4. The van der Waals surface area contributed by atoms with E-state index >= 15 is 0 Å². The van der Waals surface area contributed by atoms with E-state index in [1.54, 1.807) is 24.3 Å². The van der Waals surface area contributed by atoms with E-state index in [0.29, 0.717) is 17.8 Å². The second-order valence-corrected chi connectivity index (χ2v) is 3.97. The summed E-state index contributed by atoms with van der Waals surface area (Å²) >= 11 is 0. The topological polar surface area (TPSA) is 78.4 Å². The highest BCUT2D eigenvalue weighted by molar-refractivity contribution is 5.95. The van der Waals surface area contributed by atoms with E-state index in [-0.39, 0.29) is 5.91 Å². The molecule has 2 amide bonds. The van der Waals surface area contributed by atoms with E-state index in [1.165, 1.54) is 0 Å². The fourth-order valence-electron chi connectivity index (χ4n) is 1.51. The van der Waals surface area contributed by atoms with Crippen LogP contribution in [-0.2, 0) is 0 Å². The van der Waals surface area contributed by atoms with Gasteiger partial charge < -0.3 is 10.4 Å². The van der Waals surface area contributed by atoms with Crippen LogP contribution in [0.1, 0.15) is 36.5 Å². The molecule has 0 bridgehead atoms. The van der Waals surface area contributed by atoms with Gasteiger partial charge in [0.2, 0.25) is 0 Å². The van der Waals surface area contributed by atoms with Crippen molar-refractivity contribution in [3.8, 4) is 0 Å². The van der Waals surface area contributed by atoms with Crippen LogP contribution < -0.4 is 10.6 Å². The van der Waals surface area contributed by atoms with Gasteiger partial charge in [-0.15, -0.1) is 0 Å². The molecule has 0 atom stereocenters. The van der Waals surface area contributed by atoms with Crippen molar-refractivity contribution in [1.29, 1.82) is 0 Å². The molecule has 1 aromatic carbocycles. The van der Waals surface area contributed by atoms with Crippen LogP contribution in [0.4, 0.5) is 10.5 Å². The van der Waals surface area contributed by atoms with Gasteiger partial charge in [0.1, 0.15) is 0 Å². The summed E-state index contributed by atoms with van der Waals surface area (Å²) < 4.78 is 0. The molecule has 0 fully saturated rings. The molecule has 0 radical (unpaired) electrons. The predicted molar refractivity (Wildman–Crippen MR) is 69.9 cm³/mol. The normalized spacial score (nSPS) is 9.83. The van der Waals surface area contributed by atoms with Crippen molar-refractivity contribution in [3.63, 3.8) is 0 Å². The lowest BCUT2D eigenvalue weighted by Crippen LogP contribution is -2.24. The number of amides is 2. The van der Waals surface area contributed by atoms with Gasteiger partial charge in [-0.3, -0.25) is 10.1 Å². The molecule has 0 aliphatic heterocycles. The van der Waals surface area contributed by atoms with Crippen molar-refractivity contribution in [2.45, 2.75) is 26.2 Å². The predicted octanol–water partition coefficient (Wildman–Crippen LogP) is 2.70. The van der Waals surface area contributed by atoms with E-state index in [9.17, 15) is 9.59 Å². The number of hydrogen-bond donors (Lipinski definition) is 3. The average Bonchev–Trinajstić information content (AvgIpc) is 2.34. The van der Waals surface area contributed by atoms with Crippen molar-refractivity contribution in [3.05, 3.63) is 29.8 Å². The SMILES string of the molecule is CCCCCNC(=O)c1ccc(NC(=O)O)cc1. The summed E-state index contributed by atoms with van der Waals surface area (Å²) in [4.78, 5) is 22.1. The summed E-state index contributed by atoms with van der Waals surface area (Å²) in [5, 5.41) is 13.6. The Balaban J connectivity index is 2.46. The summed E-state index contributed by atoms with van der Waals surface area (Å²) in [7, 11) is 0. The number of nitrogens with one attached hydrogen (secondary N) is 2. The lowest BCUT2D eigenvalue weighted by molar-refractivity contribution is 0.0953. The molecule has 1 rings (SSSR count). The lowest BCUT2D eigenvalue weighted by atomic mass is 10.2. The molecular formula is C13H18N2O3. The van der Waals surface area contributed by atoms with Gasteiger partial charge in [0, 0.05) is 17.8 Å². The van der Waals surface area contributed by atoms with Crippen LogP contribution in [0, 0.1) is 0 Å². The van der Waals surface area contributed by atoms with E-state index in [2.05, 4.69) is 17.6 Å². The summed E-state index contributed by atoms with van der Waals surface area (Å²) in [6.07, 6.45) is 2.07. The average molecular weight is 250 g/mol. The van der Waals surface area contributed by atoms with Gasteiger partial charge in [-0.1, -0.05) is 19.8 Å². The maximum absolute atomic E-state index is 11.7. The minimum Gasteiger partial charge on any atom is -0.465 e. The van der Waals surface area contributed by atoms with E-state index < -0.39 is 6.09 Å². The molecule has 0 saturated carbocycles. The van der Waals surface area contributed by atoms with E-state index in [4.69, 9.17) is 5.11 Å². The molecular weight excluding hydrogens is 232 g/mol. The van der Waals surface area contributed by atoms with Crippen molar-refractivity contribution < 1.29 is 14.7 Å². The number of unbranched alkanes of at least 4 members (excludes halogenated alkanes) is 2. The Morgan fingerprint density at radius 1 is 1.17 bits per heavy atom. The van der Waals surface area contributed by atoms with Gasteiger partial charge in [-0.2, -0.15) is 0 Å². The molecule has 5 nitrogen and oxygen atoms in total. The van der Waals surface area contributed by atoms with Crippen LogP contribution in [0.25, 0.3) is 0 Å². The first-order chi connectivity index (χ1) is 8.63. The molecule has 0 spiro atoms. The second kappa shape index (κ2) is 7.32. The van der Waals surface area contributed by atoms with Gasteiger partial charge in [-0.05, 0) is 30.7 Å². The first kappa shape index (κ1) is 14.0. The zero-order valence-electron chi connectivity index (χ0n) is 10.4. The number of rotatable bonds is 6. The summed E-state index contributed by atoms with van der Waals surface area (Å²) in [6, 6.07) is 6.32. The van der Waals surface area contributed by atoms with Crippen molar-refractivity contribution in [2.75, 3.05) is 11.9 Å². The second-order valence-electron chi connectivity index (χ2n) is 3.97. The fraction of sp³-hybridized carbons (Fsp3) is 0.385. The molecule has 1 aromatic rings. The number of carbonyl (C=O) groups excluding carboxylic acids is 1. The first-order valence-corrected chi connectivity index (χ1v) is 6.01. The number of anilines is 1. The number of carboxylic acid groups (broad SMARTS) is 1. The third-order valence-corrected chi connectivity index (χ3v) is 2.46. The van der Waals surface area contributed by atoms with Crippen molar-refractivity contribution in [1.82, 2.24) is 5.32 Å². The summed E-state index contributed by atoms with van der Waals surface area (Å²) in [5.41, 5.74) is 0.979. The molecule has 0 unspecified atom stereocenters. The van der Waals surface area contributed by atoms with Gasteiger partial charge in [-0.25, -0.2) is 4.79 Å². The summed E-state index contributed by atoms with van der Waals surface area (Å²) in [5.74, 6) is -0.132. The largest absolute Gasteiger partial charge is 0.465 e. The highest BCUT2D eigenvalue weighted by Crippen LogP contribution is 2.09. The Hall–Kier alpha value is -2.04. The number of carbonyl (C=O) groups is 2. The van der Waals surface area contributed by atoms with Crippen LogP contribution >= 0.6 is 0 Å². The molecule has 0 heterocycles. The van der Waals surface area contributed by atoms with Crippen LogP contribution in [0.15, 0.2) is 24.3 Å². The quantitative estimate of drug-likeness (QED) is 0.679. The highest BCUT2D eigenvalue weighted by Gasteiger charge is 2.05. The Bertz CT molecular complexity index is 401. The van der Waals surface area contributed by atoms with Crippen molar-refractivity contribution >= 4 is 17.7 Å². The fourth-order valence-corrected chi connectivity index (χ4v) is 1.51. The van der Waals surface area contributed by atoms with Crippen LogP contribution in [0.2, 0.25) is 0 Å². The standard InChI is InChI=1S/C13H18N2O3/c1-2-3-4-9-14-12(16)10-5-7-11(8-6-10)15-13(17)18/h5-8,15H,2-4,9H2,1H3,(H,14,16)(H,17,18). The molecule has 0 aliphatic rings. The maximum atomic E-state index is 11.7. The molecule has 3 N–H and O–H groups in total. The van der Waals surface area contributed by atoms with Gasteiger partial charge in [0.15, 0.2) is 0 Å². The smallest absolute Gasteiger partial charge is 0.409 e. The minimum atomic E-state index is -1.12. The third-order valence-electron chi connectivity index (χ3n) is 2.46. The Kier molecular flexibility index (Phi) is 5.70. The molecule has 0 aromatic heterocycles. The molecule has 18 heavy (non-hydrogen) atoms. The van der Waals surface area contributed by atoms with Crippen LogP contribution in [0.5, 0.6) is 0 Å². The van der Waals surface area contributed by atoms with Gasteiger partial charge in [0.25, 0.3) is 5.91 Å². The zero-order valence-corrected chi connectivity index (χ0v) is 10.4. The maximum Gasteiger partial charge on any atom is 0.409 e. The monoisotopic (exact) mass is 250 g/mol. The third kappa shape index (κ3) is 4.86. The van der Waals surface area contributed by atoms with Crippen molar-refractivity contribution in [2.24, 2.45) is 0 Å².